The molecule has 1 heterocycles. The molecule has 0 radical (unpaired) electrons. The van der Waals surface area contributed by atoms with Gasteiger partial charge in [-0.3, -0.25) is 4.79 Å². The summed E-state index contributed by atoms with van der Waals surface area (Å²) in [6.45, 7) is 0.637. The molecule has 1 aromatic carbocycles. The molecular formula is C12H15FN2O2. The maximum Gasteiger partial charge on any atom is 0.254 e. The second-order valence-corrected chi connectivity index (χ2v) is 4.09. The van der Waals surface area contributed by atoms with Gasteiger partial charge in [-0.05, 0) is 24.6 Å². The standard InChI is InChI=1S/C12H15FN2O2/c1-17-11-6-8(2-3-10(11)14)12(16)15-5-4-9(13)7-15/h2-3,6,9H,4-5,7,14H2,1H3. The Bertz CT molecular complexity index is 437. The van der Waals surface area contributed by atoms with Gasteiger partial charge in [0.15, 0.2) is 0 Å². The molecular weight excluding hydrogens is 223 g/mol. The van der Waals surface area contributed by atoms with Crippen molar-refractivity contribution in [2.24, 2.45) is 0 Å². The molecule has 1 atom stereocenters. The fraction of sp³-hybridized carbons (Fsp3) is 0.417. The Morgan fingerprint density at radius 3 is 2.94 bits per heavy atom. The molecule has 2 rings (SSSR count). The summed E-state index contributed by atoms with van der Waals surface area (Å²) >= 11 is 0. The van der Waals surface area contributed by atoms with Crippen molar-refractivity contribution in [3.8, 4) is 5.75 Å². The zero-order valence-corrected chi connectivity index (χ0v) is 9.65. The van der Waals surface area contributed by atoms with E-state index in [1.165, 1.54) is 12.0 Å². The van der Waals surface area contributed by atoms with Crippen LogP contribution in [0, 0.1) is 0 Å². The van der Waals surface area contributed by atoms with Crippen LogP contribution in [0.1, 0.15) is 16.8 Å². The molecule has 0 aliphatic carbocycles. The second-order valence-electron chi connectivity index (χ2n) is 4.09. The van der Waals surface area contributed by atoms with Crippen LogP contribution in [0.4, 0.5) is 10.1 Å². The van der Waals surface area contributed by atoms with Crippen LogP contribution in [0.15, 0.2) is 18.2 Å². The molecule has 92 valence electrons. The summed E-state index contributed by atoms with van der Waals surface area (Å²) in [6.07, 6.45) is -0.493. The number of nitrogen functional groups attached to an aromatic ring is 1. The van der Waals surface area contributed by atoms with Crippen molar-refractivity contribution < 1.29 is 13.9 Å². The number of benzene rings is 1. The number of nitrogens with two attached hydrogens (primary N) is 1. The molecule has 5 heteroatoms. The van der Waals surface area contributed by atoms with E-state index in [0.717, 1.165) is 0 Å². The highest BCUT2D eigenvalue weighted by Gasteiger charge is 2.26. The molecule has 4 nitrogen and oxygen atoms in total. The maximum atomic E-state index is 13.0. The molecule has 1 aliphatic heterocycles. The molecule has 1 aromatic rings. The number of nitrogens with zero attached hydrogens (tertiary/aromatic N) is 1. The number of methoxy groups -OCH3 is 1. The van der Waals surface area contributed by atoms with Crippen molar-refractivity contribution in [2.45, 2.75) is 12.6 Å². The molecule has 0 aromatic heterocycles. The molecule has 0 bridgehead atoms. The Morgan fingerprint density at radius 1 is 1.59 bits per heavy atom. The number of likely N-dealkylation sites (tertiary alicyclic amines) is 1. The fourth-order valence-corrected chi connectivity index (χ4v) is 1.93. The Hall–Kier alpha value is -1.78. The van der Waals surface area contributed by atoms with E-state index in [2.05, 4.69) is 0 Å². The third-order valence-electron chi connectivity index (χ3n) is 2.90. The quantitative estimate of drug-likeness (QED) is 0.794. The van der Waals surface area contributed by atoms with E-state index in [4.69, 9.17) is 10.5 Å². The van der Waals surface area contributed by atoms with E-state index in [1.807, 2.05) is 0 Å². The summed E-state index contributed by atoms with van der Waals surface area (Å²) in [7, 11) is 1.49. The first-order valence-corrected chi connectivity index (χ1v) is 5.48. The number of carbonyl (C=O) groups is 1. The van der Waals surface area contributed by atoms with Gasteiger partial charge in [-0.15, -0.1) is 0 Å². The predicted molar refractivity (Wildman–Crippen MR) is 62.8 cm³/mol. The smallest absolute Gasteiger partial charge is 0.254 e. The molecule has 1 amide bonds. The van der Waals surface area contributed by atoms with Crippen molar-refractivity contribution in [3.63, 3.8) is 0 Å². The van der Waals surface area contributed by atoms with Gasteiger partial charge >= 0.3 is 0 Å². The van der Waals surface area contributed by atoms with Gasteiger partial charge in [0, 0.05) is 12.1 Å². The van der Waals surface area contributed by atoms with Crippen LogP contribution in [-0.2, 0) is 0 Å². The van der Waals surface area contributed by atoms with E-state index < -0.39 is 6.17 Å². The molecule has 17 heavy (non-hydrogen) atoms. The first-order valence-electron chi connectivity index (χ1n) is 5.48. The molecule has 2 N–H and O–H groups in total. The number of amides is 1. The fourth-order valence-electron chi connectivity index (χ4n) is 1.93. The Morgan fingerprint density at radius 2 is 2.35 bits per heavy atom. The lowest BCUT2D eigenvalue weighted by Crippen LogP contribution is -2.28. The van der Waals surface area contributed by atoms with Crippen molar-refractivity contribution >= 4 is 11.6 Å². The number of rotatable bonds is 2. The number of carbonyl (C=O) groups excluding carboxylic acids is 1. The normalized spacial score (nSPS) is 19.4. The van der Waals surface area contributed by atoms with Crippen LogP contribution in [0.5, 0.6) is 5.75 Å². The molecule has 0 spiro atoms. The van der Waals surface area contributed by atoms with E-state index in [-0.39, 0.29) is 12.5 Å². The van der Waals surface area contributed by atoms with Crippen LogP contribution in [0.25, 0.3) is 0 Å². The number of hydrogen-bond acceptors (Lipinski definition) is 3. The summed E-state index contributed by atoms with van der Waals surface area (Å²) in [5.41, 5.74) is 6.62. The Labute approximate surface area is 99.2 Å². The number of alkyl halides is 1. The lowest BCUT2D eigenvalue weighted by molar-refractivity contribution is 0.0782. The number of hydrogen-bond donors (Lipinski definition) is 1. The summed E-state index contributed by atoms with van der Waals surface area (Å²) in [4.78, 5) is 13.5. The Kier molecular flexibility index (Phi) is 3.17. The minimum atomic E-state index is -0.908. The van der Waals surface area contributed by atoms with E-state index >= 15 is 0 Å². The molecule has 1 unspecified atom stereocenters. The lowest BCUT2D eigenvalue weighted by Gasteiger charge is -2.16. The Balaban J connectivity index is 2.19. The summed E-state index contributed by atoms with van der Waals surface area (Å²) in [5.74, 6) is 0.287. The number of anilines is 1. The average molecular weight is 238 g/mol. The van der Waals surface area contributed by atoms with Gasteiger partial charge in [0.25, 0.3) is 5.91 Å². The molecule has 1 saturated heterocycles. The third-order valence-corrected chi connectivity index (χ3v) is 2.90. The molecule has 1 aliphatic rings. The summed E-state index contributed by atoms with van der Waals surface area (Å²) in [6, 6.07) is 4.84. The SMILES string of the molecule is COc1cc(C(=O)N2CCC(F)C2)ccc1N. The van der Waals surface area contributed by atoms with Gasteiger partial charge in [0.2, 0.25) is 0 Å². The van der Waals surface area contributed by atoms with Gasteiger partial charge in [0.1, 0.15) is 11.9 Å². The highest BCUT2D eigenvalue weighted by Crippen LogP contribution is 2.24. The van der Waals surface area contributed by atoms with Gasteiger partial charge in [-0.25, -0.2) is 4.39 Å². The van der Waals surface area contributed by atoms with Gasteiger partial charge in [0.05, 0.1) is 19.3 Å². The van der Waals surface area contributed by atoms with Crippen molar-refractivity contribution in [1.29, 1.82) is 0 Å². The monoisotopic (exact) mass is 238 g/mol. The zero-order chi connectivity index (χ0) is 12.4. The largest absolute Gasteiger partial charge is 0.495 e. The highest BCUT2D eigenvalue weighted by atomic mass is 19.1. The second kappa shape index (κ2) is 4.61. The maximum absolute atomic E-state index is 13.0. The number of ether oxygens (including phenoxy) is 1. The number of halogens is 1. The van der Waals surface area contributed by atoms with Crippen molar-refractivity contribution in [1.82, 2.24) is 4.90 Å². The van der Waals surface area contributed by atoms with Crippen LogP contribution in [0.2, 0.25) is 0 Å². The average Bonchev–Trinajstić information content (AvgIpc) is 2.75. The lowest BCUT2D eigenvalue weighted by atomic mass is 10.1. The van der Waals surface area contributed by atoms with Crippen LogP contribution >= 0.6 is 0 Å². The third kappa shape index (κ3) is 2.33. The zero-order valence-electron chi connectivity index (χ0n) is 9.65. The van der Waals surface area contributed by atoms with Crippen LogP contribution in [0.3, 0.4) is 0 Å². The van der Waals surface area contributed by atoms with Gasteiger partial charge in [-0.1, -0.05) is 0 Å². The van der Waals surface area contributed by atoms with Crippen LogP contribution < -0.4 is 10.5 Å². The van der Waals surface area contributed by atoms with Crippen molar-refractivity contribution in [3.05, 3.63) is 23.8 Å². The highest BCUT2D eigenvalue weighted by molar-refractivity contribution is 5.95. The minimum absolute atomic E-state index is 0.172. The van der Waals surface area contributed by atoms with E-state index in [0.29, 0.717) is 30.0 Å². The van der Waals surface area contributed by atoms with Crippen molar-refractivity contribution in [2.75, 3.05) is 25.9 Å². The van der Waals surface area contributed by atoms with E-state index in [1.54, 1.807) is 18.2 Å². The van der Waals surface area contributed by atoms with E-state index in [9.17, 15) is 9.18 Å². The first kappa shape index (κ1) is 11.7. The molecule has 0 saturated carbocycles. The predicted octanol–water partition coefficient (Wildman–Crippen LogP) is 1.46. The topological polar surface area (TPSA) is 55.6 Å². The van der Waals surface area contributed by atoms with Gasteiger partial charge < -0.3 is 15.4 Å². The van der Waals surface area contributed by atoms with Gasteiger partial charge in [-0.2, -0.15) is 0 Å². The summed E-state index contributed by atoms with van der Waals surface area (Å²) < 4.78 is 18.1. The summed E-state index contributed by atoms with van der Waals surface area (Å²) in [5, 5.41) is 0. The minimum Gasteiger partial charge on any atom is -0.495 e. The molecule has 1 fully saturated rings. The van der Waals surface area contributed by atoms with Crippen LogP contribution in [-0.4, -0.2) is 37.2 Å². The first-order chi connectivity index (χ1) is 8.11.